The van der Waals surface area contributed by atoms with E-state index in [1.807, 2.05) is 6.92 Å². The Kier molecular flexibility index (Phi) is 9.95. The standard InChI is InChI=1S/C24H31FN4O7S/c1-6-16(2)26-24(31)17(3)27(14-18-7-9-19(25)10-8-18)23(30)15-28(37(5,34)35)21-13-20(29(32)33)11-12-22(21)36-4/h7-13,16-17H,6,14-15H2,1-5H3,(H,26,31)/t16-,17+/m0/s1. The molecule has 0 saturated heterocycles. The molecule has 2 aromatic rings. The first-order chi connectivity index (χ1) is 17.3. The van der Waals surface area contributed by atoms with Gasteiger partial charge in [-0.25, -0.2) is 12.8 Å². The van der Waals surface area contributed by atoms with Crippen LogP contribution in [0.1, 0.15) is 32.8 Å². The lowest BCUT2D eigenvalue weighted by Gasteiger charge is -2.32. The fourth-order valence-electron chi connectivity index (χ4n) is 3.42. The number of nitrogens with one attached hydrogen (secondary N) is 1. The van der Waals surface area contributed by atoms with Crippen LogP contribution in [0, 0.1) is 15.9 Å². The third-order valence-corrected chi connectivity index (χ3v) is 6.88. The lowest BCUT2D eigenvalue weighted by Crippen LogP contribution is -2.52. The molecule has 0 aliphatic heterocycles. The topological polar surface area (TPSA) is 139 Å². The van der Waals surface area contributed by atoms with E-state index in [-0.39, 0.29) is 24.0 Å². The molecule has 2 aromatic carbocycles. The molecule has 0 saturated carbocycles. The van der Waals surface area contributed by atoms with E-state index in [4.69, 9.17) is 4.74 Å². The van der Waals surface area contributed by atoms with E-state index in [9.17, 15) is 32.5 Å². The number of benzene rings is 2. The summed E-state index contributed by atoms with van der Waals surface area (Å²) in [6, 6.07) is 7.51. The van der Waals surface area contributed by atoms with Crippen molar-refractivity contribution >= 4 is 33.2 Å². The van der Waals surface area contributed by atoms with Gasteiger partial charge in [-0.05, 0) is 44.0 Å². The molecule has 0 aliphatic rings. The maximum absolute atomic E-state index is 13.6. The summed E-state index contributed by atoms with van der Waals surface area (Å²) in [6.07, 6.45) is 1.50. The van der Waals surface area contributed by atoms with E-state index < -0.39 is 50.9 Å². The summed E-state index contributed by atoms with van der Waals surface area (Å²) in [6.45, 7) is 4.30. The minimum Gasteiger partial charge on any atom is -0.495 e. The van der Waals surface area contributed by atoms with Gasteiger partial charge in [0.2, 0.25) is 21.8 Å². The van der Waals surface area contributed by atoms with E-state index >= 15 is 0 Å². The number of hydrogen-bond donors (Lipinski definition) is 1. The highest BCUT2D eigenvalue weighted by molar-refractivity contribution is 7.92. The van der Waals surface area contributed by atoms with Crippen LogP contribution >= 0.6 is 0 Å². The average Bonchev–Trinajstić information content (AvgIpc) is 2.85. The molecular weight excluding hydrogens is 507 g/mol. The quantitative estimate of drug-likeness (QED) is 0.324. The summed E-state index contributed by atoms with van der Waals surface area (Å²) in [5.74, 6) is -1.69. The highest BCUT2D eigenvalue weighted by atomic mass is 32.2. The predicted octanol–water partition coefficient (Wildman–Crippen LogP) is 2.84. The number of anilines is 1. The van der Waals surface area contributed by atoms with Crippen LogP contribution in [0.25, 0.3) is 0 Å². The molecule has 0 fully saturated rings. The lowest BCUT2D eigenvalue weighted by molar-refractivity contribution is -0.384. The molecule has 202 valence electrons. The van der Waals surface area contributed by atoms with E-state index in [0.717, 1.165) is 18.4 Å². The number of nitro benzene ring substituents is 1. The number of carbonyl (C=O) groups is 2. The first-order valence-electron chi connectivity index (χ1n) is 11.4. The number of non-ortho nitro benzene ring substituents is 1. The molecule has 37 heavy (non-hydrogen) atoms. The van der Waals surface area contributed by atoms with Gasteiger partial charge >= 0.3 is 0 Å². The van der Waals surface area contributed by atoms with Gasteiger partial charge in [0, 0.05) is 24.7 Å². The molecule has 13 heteroatoms. The number of halogens is 1. The summed E-state index contributed by atoms with van der Waals surface area (Å²) in [7, 11) is -2.88. The number of nitrogens with zero attached hydrogens (tertiary/aromatic N) is 3. The van der Waals surface area contributed by atoms with Crippen molar-refractivity contribution in [3.05, 3.63) is 64.0 Å². The molecule has 2 atom stereocenters. The number of hydrogen-bond acceptors (Lipinski definition) is 7. The van der Waals surface area contributed by atoms with Crippen LogP contribution in [0.2, 0.25) is 0 Å². The normalized spacial score (nSPS) is 12.8. The smallest absolute Gasteiger partial charge is 0.271 e. The zero-order valence-electron chi connectivity index (χ0n) is 21.3. The molecule has 0 spiro atoms. The monoisotopic (exact) mass is 538 g/mol. The predicted molar refractivity (Wildman–Crippen MR) is 136 cm³/mol. The second kappa shape index (κ2) is 12.5. The minimum absolute atomic E-state index is 0.00327. The van der Waals surface area contributed by atoms with Gasteiger partial charge in [0.05, 0.1) is 18.3 Å². The summed E-state index contributed by atoms with van der Waals surface area (Å²) < 4.78 is 44.8. The first-order valence-corrected chi connectivity index (χ1v) is 13.3. The zero-order chi connectivity index (χ0) is 27.9. The van der Waals surface area contributed by atoms with Crippen molar-refractivity contribution in [3.8, 4) is 5.75 Å². The molecular formula is C24H31FN4O7S. The van der Waals surface area contributed by atoms with E-state index in [0.29, 0.717) is 16.3 Å². The van der Waals surface area contributed by atoms with Gasteiger partial charge in [-0.3, -0.25) is 24.0 Å². The van der Waals surface area contributed by atoms with Crippen molar-refractivity contribution in [2.45, 2.75) is 45.8 Å². The lowest BCUT2D eigenvalue weighted by atomic mass is 10.1. The Hall–Kier alpha value is -3.74. The van der Waals surface area contributed by atoms with Crippen molar-refractivity contribution in [2.24, 2.45) is 0 Å². The summed E-state index contributed by atoms with van der Waals surface area (Å²) >= 11 is 0. The highest BCUT2D eigenvalue weighted by Crippen LogP contribution is 2.33. The Bertz CT molecular complexity index is 1240. The van der Waals surface area contributed by atoms with Crippen molar-refractivity contribution in [2.75, 3.05) is 24.2 Å². The van der Waals surface area contributed by atoms with Crippen LogP contribution in [0.4, 0.5) is 15.8 Å². The Morgan fingerprint density at radius 1 is 1.16 bits per heavy atom. The van der Waals surface area contributed by atoms with Crippen LogP contribution in [0.5, 0.6) is 5.75 Å². The molecule has 0 bridgehead atoms. The third kappa shape index (κ3) is 7.87. The van der Waals surface area contributed by atoms with Gasteiger partial charge in [-0.15, -0.1) is 0 Å². The molecule has 0 radical (unpaired) electrons. The molecule has 11 nitrogen and oxygen atoms in total. The Morgan fingerprint density at radius 3 is 2.30 bits per heavy atom. The molecule has 0 aliphatic carbocycles. The van der Waals surface area contributed by atoms with Crippen molar-refractivity contribution in [3.63, 3.8) is 0 Å². The first kappa shape index (κ1) is 29.5. The summed E-state index contributed by atoms with van der Waals surface area (Å²) in [5.41, 5.74) is -0.0934. The summed E-state index contributed by atoms with van der Waals surface area (Å²) in [5, 5.41) is 14.1. The largest absolute Gasteiger partial charge is 0.495 e. The van der Waals surface area contributed by atoms with Crippen LogP contribution in [-0.2, 0) is 26.2 Å². The van der Waals surface area contributed by atoms with Crippen molar-refractivity contribution in [1.82, 2.24) is 10.2 Å². The minimum atomic E-state index is -4.14. The number of nitro groups is 1. The van der Waals surface area contributed by atoms with Crippen molar-refractivity contribution in [1.29, 1.82) is 0 Å². The summed E-state index contributed by atoms with van der Waals surface area (Å²) in [4.78, 5) is 38.2. The maximum Gasteiger partial charge on any atom is 0.271 e. The molecule has 0 aromatic heterocycles. The van der Waals surface area contributed by atoms with Gasteiger partial charge < -0.3 is 15.0 Å². The van der Waals surface area contributed by atoms with Crippen LogP contribution in [0.3, 0.4) is 0 Å². The van der Waals surface area contributed by atoms with Crippen LogP contribution in [0.15, 0.2) is 42.5 Å². The zero-order valence-corrected chi connectivity index (χ0v) is 22.1. The van der Waals surface area contributed by atoms with Crippen molar-refractivity contribution < 1.29 is 32.1 Å². The Labute approximate surface area is 215 Å². The van der Waals surface area contributed by atoms with Gasteiger partial charge in [-0.2, -0.15) is 0 Å². The fraction of sp³-hybridized carbons (Fsp3) is 0.417. The number of carbonyl (C=O) groups excluding carboxylic acids is 2. The number of ether oxygens (including phenoxy) is 1. The second-order valence-corrected chi connectivity index (χ2v) is 10.4. The van der Waals surface area contributed by atoms with Gasteiger partial charge in [0.15, 0.2) is 0 Å². The van der Waals surface area contributed by atoms with E-state index in [1.54, 1.807) is 6.92 Å². The average molecular weight is 539 g/mol. The Balaban J connectivity index is 2.50. The second-order valence-electron chi connectivity index (χ2n) is 8.52. The fourth-order valence-corrected chi connectivity index (χ4v) is 4.26. The molecule has 0 heterocycles. The molecule has 0 unspecified atom stereocenters. The van der Waals surface area contributed by atoms with Gasteiger partial charge in [0.1, 0.15) is 29.8 Å². The number of amides is 2. The number of sulfonamides is 1. The molecule has 2 amide bonds. The van der Waals surface area contributed by atoms with Crippen LogP contribution in [-0.4, -0.2) is 62.0 Å². The number of rotatable bonds is 12. The van der Waals surface area contributed by atoms with Gasteiger partial charge in [0.25, 0.3) is 5.69 Å². The van der Waals surface area contributed by atoms with E-state index in [1.165, 1.54) is 49.3 Å². The highest BCUT2D eigenvalue weighted by Gasteiger charge is 2.32. The van der Waals surface area contributed by atoms with Gasteiger partial charge in [-0.1, -0.05) is 19.1 Å². The number of methoxy groups -OCH3 is 1. The Morgan fingerprint density at radius 2 is 1.78 bits per heavy atom. The van der Waals surface area contributed by atoms with E-state index in [2.05, 4.69) is 5.32 Å². The SMILES string of the molecule is CC[C@H](C)NC(=O)[C@@H](C)N(Cc1ccc(F)cc1)C(=O)CN(c1cc([N+](=O)[O-])ccc1OC)S(C)(=O)=O. The third-order valence-electron chi connectivity index (χ3n) is 5.76. The van der Waals surface area contributed by atoms with Crippen LogP contribution < -0.4 is 14.4 Å². The maximum atomic E-state index is 13.6. The molecule has 1 N–H and O–H groups in total. The molecule has 2 rings (SSSR count).